The van der Waals surface area contributed by atoms with E-state index in [4.69, 9.17) is 0 Å². The molecular formula is C14H20N2O2S. The van der Waals surface area contributed by atoms with Crippen molar-refractivity contribution in [1.82, 2.24) is 5.32 Å². The second-order valence-electron chi connectivity index (χ2n) is 5.67. The highest BCUT2D eigenvalue weighted by atomic mass is 32.2. The Balaban J connectivity index is 1.93. The van der Waals surface area contributed by atoms with Crippen LogP contribution in [0.25, 0.3) is 0 Å². The van der Waals surface area contributed by atoms with Gasteiger partial charge in [0, 0.05) is 30.5 Å². The molecule has 1 saturated heterocycles. The molecule has 2 rings (SSSR count). The number of thioether (sulfide) groups is 1. The Hall–Kier alpha value is -1.07. The van der Waals surface area contributed by atoms with Crippen molar-refractivity contribution in [3.05, 3.63) is 39.9 Å². The van der Waals surface area contributed by atoms with Crippen LogP contribution in [-0.4, -0.2) is 22.5 Å². The Labute approximate surface area is 118 Å². The zero-order valence-corrected chi connectivity index (χ0v) is 12.2. The molecule has 1 fully saturated rings. The van der Waals surface area contributed by atoms with Gasteiger partial charge < -0.3 is 5.32 Å². The smallest absolute Gasteiger partial charge is 0.269 e. The standard InChI is InChI=1S/C14H20N2O2S/c1-14(2)7-8-19-10-13(14)15-9-11-3-5-12(6-4-11)16(17)18/h3-6,13,15H,7-10H2,1-2H3. The maximum Gasteiger partial charge on any atom is 0.269 e. The summed E-state index contributed by atoms with van der Waals surface area (Å²) in [5.41, 5.74) is 1.57. The van der Waals surface area contributed by atoms with Gasteiger partial charge in [0.15, 0.2) is 0 Å². The van der Waals surface area contributed by atoms with E-state index in [0.29, 0.717) is 11.5 Å². The normalized spacial score (nSPS) is 22.1. The third-order valence-electron chi connectivity index (χ3n) is 3.82. The molecule has 0 spiro atoms. The van der Waals surface area contributed by atoms with Crippen LogP contribution in [-0.2, 0) is 6.54 Å². The third kappa shape index (κ3) is 3.70. The summed E-state index contributed by atoms with van der Waals surface area (Å²) in [5.74, 6) is 2.38. The van der Waals surface area contributed by atoms with E-state index in [1.165, 1.54) is 12.2 Å². The quantitative estimate of drug-likeness (QED) is 0.679. The van der Waals surface area contributed by atoms with E-state index in [-0.39, 0.29) is 10.6 Å². The average molecular weight is 280 g/mol. The molecule has 1 aromatic carbocycles. The molecule has 0 bridgehead atoms. The molecule has 1 atom stereocenters. The van der Waals surface area contributed by atoms with Crippen molar-refractivity contribution < 1.29 is 4.92 Å². The van der Waals surface area contributed by atoms with Crippen molar-refractivity contribution >= 4 is 17.4 Å². The van der Waals surface area contributed by atoms with Crippen molar-refractivity contribution in [2.45, 2.75) is 32.9 Å². The number of benzene rings is 1. The van der Waals surface area contributed by atoms with Gasteiger partial charge in [-0.25, -0.2) is 0 Å². The van der Waals surface area contributed by atoms with Crippen LogP contribution in [0.5, 0.6) is 0 Å². The molecule has 19 heavy (non-hydrogen) atoms. The van der Waals surface area contributed by atoms with Gasteiger partial charge in [-0.05, 0) is 23.2 Å². The molecular weight excluding hydrogens is 260 g/mol. The van der Waals surface area contributed by atoms with Gasteiger partial charge in [0.2, 0.25) is 0 Å². The molecule has 104 valence electrons. The number of nitrogens with zero attached hydrogens (tertiary/aromatic N) is 1. The van der Waals surface area contributed by atoms with Crippen molar-refractivity contribution in [3.8, 4) is 0 Å². The SMILES string of the molecule is CC1(C)CCSCC1NCc1ccc([N+](=O)[O-])cc1. The van der Waals surface area contributed by atoms with E-state index >= 15 is 0 Å². The van der Waals surface area contributed by atoms with E-state index < -0.39 is 0 Å². The minimum absolute atomic E-state index is 0.150. The highest BCUT2D eigenvalue weighted by molar-refractivity contribution is 7.99. The lowest BCUT2D eigenvalue weighted by molar-refractivity contribution is -0.384. The first-order valence-corrected chi connectivity index (χ1v) is 7.69. The molecule has 0 radical (unpaired) electrons. The Kier molecular flexibility index (Phi) is 4.47. The van der Waals surface area contributed by atoms with Gasteiger partial charge in [-0.15, -0.1) is 0 Å². The van der Waals surface area contributed by atoms with E-state index in [0.717, 1.165) is 17.9 Å². The lowest BCUT2D eigenvalue weighted by Gasteiger charge is -2.39. The summed E-state index contributed by atoms with van der Waals surface area (Å²) in [6.07, 6.45) is 1.23. The third-order valence-corrected chi connectivity index (χ3v) is 4.88. The zero-order chi connectivity index (χ0) is 13.9. The number of nitrogens with one attached hydrogen (secondary N) is 1. The van der Waals surface area contributed by atoms with Crippen LogP contribution in [0, 0.1) is 15.5 Å². The topological polar surface area (TPSA) is 55.2 Å². The fourth-order valence-electron chi connectivity index (χ4n) is 2.25. The first kappa shape index (κ1) is 14.3. The molecule has 1 aliphatic heterocycles. The van der Waals surface area contributed by atoms with Crippen LogP contribution in [0.3, 0.4) is 0 Å². The van der Waals surface area contributed by atoms with Gasteiger partial charge >= 0.3 is 0 Å². The maximum atomic E-state index is 10.6. The number of hydrogen-bond acceptors (Lipinski definition) is 4. The molecule has 0 saturated carbocycles. The molecule has 0 aromatic heterocycles. The van der Waals surface area contributed by atoms with E-state index in [1.54, 1.807) is 12.1 Å². The number of non-ortho nitro benzene ring substituents is 1. The predicted octanol–water partition coefficient (Wildman–Crippen LogP) is 3.22. The molecule has 1 N–H and O–H groups in total. The van der Waals surface area contributed by atoms with Gasteiger partial charge in [-0.3, -0.25) is 10.1 Å². The second kappa shape index (κ2) is 5.92. The number of nitro benzene ring substituents is 1. The predicted molar refractivity (Wildman–Crippen MR) is 79.4 cm³/mol. The van der Waals surface area contributed by atoms with E-state index in [1.807, 2.05) is 23.9 Å². The molecule has 1 aliphatic rings. The van der Waals surface area contributed by atoms with Crippen LogP contribution in [0.15, 0.2) is 24.3 Å². The van der Waals surface area contributed by atoms with Crippen LogP contribution < -0.4 is 5.32 Å². The fraction of sp³-hybridized carbons (Fsp3) is 0.571. The molecule has 1 aromatic rings. The summed E-state index contributed by atoms with van der Waals surface area (Å²) in [7, 11) is 0. The number of rotatable bonds is 4. The Bertz CT molecular complexity index is 445. The average Bonchev–Trinajstić information content (AvgIpc) is 2.37. The van der Waals surface area contributed by atoms with E-state index in [2.05, 4.69) is 19.2 Å². The number of nitro groups is 1. The van der Waals surface area contributed by atoms with Gasteiger partial charge in [0.1, 0.15) is 0 Å². The van der Waals surface area contributed by atoms with Crippen molar-refractivity contribution in [2.24, 2.45) is 5.41 Å². The number of hydrogen-bond donors (Lipinski definition) is 1. The van der Waals surface area contributed by atoms with Crippen LogP contribution in [0.1, 0.15) is 25.8 Å². The summed E-state index contributed by atoms with van der Waals surface area (Å²) in [6.45, 7) is 5.38. The summed E-state index contributed by atoms with van der Waals surface area (Å²) in [6, 6.07) is 7.29. The van der Waals surface area contributed by atoms with Gasteiger partial charge in [0.25, 0.3) is 5.69 Å². The van der Waals surface area contributed by atoms with Gasteiger partial charge in [-0.2, -0.15) is 11.8 Å². The molecule has 5 heteroatoms. The zero-order valence-electron chi connectivity index (χ0n) is 11.4. The fourth-order valence-corrected chi connectivity index (χ4v) is 3.89. The van der Waals surface area contributed by atoms with Crippen molar-refractivity contribution in [3.63, 3.8) is 0 Å². The van der Waals surface area contributed by atoms with Crippen LogP contribution in [0.2, 0.25) is 0 Å². The summed E-state index contributed by atoms with van der Waals surface area (Å²) < 4.78 is 0. The lowest BCUT2D eigenvalue weighted by Crippen LogP contribution is -2.46. The minimum Gasteiger partial charge on any atom is -0.309 e. The molecule has 1 unspecified atom stereocenters. The minimum atomic E-state index is -0.363. The second-order valence-corrected chi connectivity index (χ2v) is 6.82. The molecule has 4 nitrogen and oxygen atoms in total. The largest absolute Gasteiger partial charge is 0.309 e. The summed E-state index contributed by atoms with van der Waals surface area (Å²) in [5, 5.41) is 14.2. The Morgan fingerprint density at radius 2 is 2.11 bits per heavy atom. The molecule has 0 aliphatic carbocycles. The summed E-state index contributed by atoms with van der Waals surface area (Å²) in [4.78, 5) is 10.2. The first-order chi connectivity index (χ1) is 8.99. The van der Waals surface area contributed by atoms with Crippen LogP contribution >= 0.6 is 11.8 Å². The highest BCUT2D eigenvalue weighted by Gasteiger charge is 2.31. The Morgan fingerprint density at radius 3 is 2.68 bits per heavy atom. The van der Waals surface area contributed by atoms with Crippen molar-refractivity contribution in [1.29, 1.82) is 0 Å². The molecule has 1 heterocycles. The highest BCUT2D eigenvalue weighted by Crippen LogP contribution is 2.34. The first-order valence-electron chi connectivity index (χ1n) is 6.53. The summed E-state index contributed by atoms with van der Waals surface area (Å²) >= 11 is 1.99. The maximum absolute atomic E-state index is 10.6. The van der Waals surface area contributed by atoms with Gasteiger partial charge in [-0.1, -0.05) is 26.0 Å². The lowest BCUT2D eigenvalue weighted by atomic mass is 9.82. The van der Waals surface area contributed by atoms with E-state index in [9.17, 15) is 10.1 Å². The monoisotopic (exact) mass is 280 g/mol. The van der Waals surface area contributed by atoms with Crippen molar-refractivity contribution in [2.75, 3.05) is 11.5 Å². The molecule has 0 amide bonds. The van der Waals surface area contributed by atoms with Gasteiger partial charge in [0.05, 0.1) is 4.92 Å². The van der Waals surface area contributed by atoms with Crippen LogP contribution in [0.4, 0.5) is 5.69 Å². The Morgan fingerprint density at radius 1 is 1.42 bits per heavy atom.